The molecule has 0 aliphatic heterocycles. The van der Waals surface area contributed by atoms with E-state index in [2.05, 4.69) is 15.0 Å². The minimum absolute atomic E-state index is 0.111. The molecule has 1 aliphatic rings. The number of fused-ring (bicyclic) bond motifs is 1. The van der Waals surface area contributed by atoms with E-state index < -0.39 is 17.7 Å². The molecule has 2 atom stereocenters. The molecule has 0 spiro atoms. The lowest BCUT2D eigenvalue weighted by Crippen LogP contribution is -2.45. The Labute approximate surface area is 155 Å². The van der Waals surface area contributed by atoms with Crippen LogP contribution in [0.5, 0.6) is 0 Å². The summed E-state index contributed by atoms with van der Waals surface area (Å²) in [6, 6.07) is -0.512. The highest BCUT2D eigenvalue weighted by atomic mass is 35.5. The minimum Gasteiger partial charge on any atom is -0.443 e. The Balaban J connectivity index is 1.82. The first kappa shape index (κ1) is 18.3. The number of hydrogen-bond acceptors (Lipinski definition) is 6. The summed E-state index contributed by atoms with van der Waals surface area (Å²) in [6.07, 6.45) is 6.61. The molecule has 0 radical (unpaired) electrons. The number of ether oxygens (including phenoxy) is 1. The van der Waals surface area contributed by atoms with Crippen LogP contribution in [0.1, 0.15) is 40.2 Å². The predicted octanol–water partition coefficient (Wildman–Crippen LogP) is 3.13. The summed E-state index contributed by atoms with van der Waals surface area (Å²) < 4.78 is 7.21. The molecule has 138 valence electrons. The first-order valence-corrected chi connectivity index (χ1v) is 8.59. The van der Waals surface area contributed by atoms with E-state index in [0.717, 1.165) is 4.90 Å². The van der Waals surface area contributed by atoms with Crippen molar-refractivity contribution in [2.75, 3.05) is 0 Å². The second-order valence-corrected chi connectivity index (χ2v) is 7.47. The third kappa shape index (κ3) is 3.55. The number of hydrogen-bond donors (Lipinski definition) is 0. The Bertz CT molecular complexity index is 886. The maximum absolute atomic E-state index is 12.4. The fourth-order valence-electron chi connectivity index (χ4n) is 2.93. The molecule has 0 fully saturated rings. The van der Waals surface area contributed by atoms with E-state index in [1.54, 1.807) is 27.1 Å². The van der Waals surface area contributed by atoms with Gasteiger partial charge < -0.3 is 9.30 Å². The van der Waals surface area contributed by atoms with Gasteiger partial charge in [-0.05, 0) is 27.2 Å². The van der Waals surface area contributed by atoms with E-state index >= 15 is 0 Å². The van der Waals surface area contributed by atoms with Gasteiger partial charge in [0.1, 0.15) is 17.4 Å². The first-order chi connectivity index (χ1) is 12.2. The molecule has 9 heteroatoms. The Morgan fingerprint density at radius 2 is 2.00 bits per heavy atom. The average molecular weight is 378 g/mol. The van der Waals surface area contributed by atoms with Gasteiger partial charge in [0.15, 0.2) is 10.8 Å². The Hall–Kier alpha value is -2.48. The monoisotopic (exact) mass is 377 g/mol. The molecule has 1 aliphatic carbocycles. The number of imide groups is 1. The van der Waals surface area contributed by atoms with Crippen molar-refractivity contribution in [1.82, 2.24) is 24.4 Å². The van der Waals surface area contributed by atoms with Crippen LogP contribution in [0.25, 0.3) is 11.2 Å². The van der Waals surface area contributed by atoms with Gasteiger partial charge in [-0.15, -0.1) is 0 Å². The van der Waals surface area contributed by atoms with Gasteiger partial charge in [0.25, 0.3) is 0 Å². The van der Waals surface area contributed by atoms with E-state index in [-0.39, 0.29) is 17.1 Å². The van der Waals surface area contributed by atoms with Gasteiger partial charge in [-0.3, -0.25) is 4.79 Å². The molecule has 2 heterocycles. The number of halogens is 1. The molecule has 0 N–H and O–H groups in total. The highest BCUT2D eigenvalue weighted by Crippen LogP contribution is 2.30. The molecule has 8 nitrogen and oxygen atoms in total. The minimum atomic E-state index is -0.680. The highest BCUT2D eigenvalue weighted by Gasteiger charge is 2.34. The number of aromatic nitrogens is 4. The molecular weight excluding hydrogens is 358 g/mol. The van der Waals surface area contributed by atoms with Crippen LogP contribution in [0.2, 0.25) is 5.15 Å². The van der Waals surface area contributed by atoms with Crippen LogP contribution in [0.4, 0.5) is 4.79 Å². The number of amides is 2. The fraction of sp³-hybridized carbons (Fsp3) is 0.471. The largest absolute Gasteiger partial charge is 0.443 e. The summed E-state index contributed by atoms with van der Waals surface area (Å²) >= 11 is 6.04. The van der Waals surface area contributed by atoms with Crippen molar-refractivity contribution in [3.63, 3.8) is 0 Å². The Kier molecular flexibility index (Phi) is 4.70. The summed E-state index contributed by atoms with van der Waals surface area (Å²) in [6.45, 7) is 6.64. The molecule has 26 heavy (non-hydrogen) atoms. The van der Waals surface area contributed by atoms with Crippen LogP contribution in [-0.2, 0) is 9.53 Å². The zero-order valence-corrected chi connectivity index (χ0v) is 15.8. The maximum Gasteiger partial charge on any atom is 0.417 e. The number of carbonyl (C=O) groups is 2. The fourth-order valence-corrected chi connectivity index (χ4v) is 3.11. The van der Waals surface area contributed by atoms with Gasteiger partial charge >= 0.3 is 6.09 Å². The standard InChI is InChI=1S/C17H20ClN5O3/c1-10(24)23(16(25)26-17(2,3)4)12-6-5-11(7-12)22-9-21-13-14(18)19-8-20-15(13)22/h5-6,8-9,11-12H,7H2,1-4H3/t11-,12+/m0/s1. The van der Waals surface area contributed by atoms with Crippen LogP contribution >= 0.6 is 11.6 Å². The molecule has 0 bridgehead atoms. The van der Waals surface area contributed by atoms with Gasteiger partial charge in [-0.2, -0.15) is 0 Å². The quantitative estimate of drug-likeness (QED) is 0.590. The van der Waals surface area contributed by atoms with Crippen LogP contribution in [0, 0.1) is 0 Å². The molecule has 3 rings (SSSR count). The Morgan fingerprint density at radius 1 is 1.27 bits per heavy atom. The topological polar surface area (TPSA) is 90.2 Å². The predicted molar refractivity (Wildman–Crippen MR) is 95.7 cm³/mol. The summed E-state index contributed by atoms with van der Waals surface area (Å²) in [4.78, 5) is 38.0. The lowest BCUT2D eigenvalue weighted by Gasteiger charge is -2.29. The number of carbonyl (C=O) groups excluding carboxylic acids is 2. The van der Waals surface area contributed by atoms with E-state index in [0.29, 0.717) is 17.6 Å². The summed E-state index contributed by atoms with van der Waals surface area (Å²) in [5.74, 6) is -0.365. The number of rotatable bonds is 2. The number of imidazole rings is 1. The van der Waals surface area contributed by atoms with Crippen molar-refractivity contribution >= 4 is 34.8 Å². The van der Waals surface area contributed by atoms with Gasteiger partial charge in [0, 0.05) is 6.92 Å². The zero-order valence-electron chi connectivity index (χ0n) is 15.0. The molecule has 2 aromatic rings. The maximum atomic E-state index is 12.4. The molecule has 2 aromatic heterocycles. The van der Waals surface area contributed by atoms with E-state index in [9.17, 15) is 9.59 Å². The molecule has 0 aromatic carbocycles. The summed E-state index contributed by atoms with van der Waals surface area (Å²) in [5, 5.41) is 0.284. The second kappa shape index (κ2) is 6.68. The number of nitrogens with zero attached hydrogens (tertiary/aromatic N) is 5. The third-order valence-corrected chi connectivity index (χ3v) is 4.25. The summed E-state index contributed by atoms with van der Waals surface area (Å²) in [5.41, 5.74) is 0.439. The molecular formula is C17H20ClN5O3. The van der Waals surface area contributed by atoms with Gasteiger partial charge in [0.2, 0.25) is 5.91 Å². The second-order valence-electron chi connectivity index (χ2n) is 7.11. The summed E-state index contributed by atoms with van der Waals surface area (Å²) in [7, 11) is 0. The van der Waals surface area contributed by atoms with Gasteiger partial charge in [0.05, 0.1) is 18.4 Å². The van der Waals surface area contributed by atoms with Crippen LogP contribution in [-0.4, -0.2) is 48.1 Å². The highest BCUT2D eigenvalue weighted by molar-refractivity contribution is 6.33. The Morgan fingerprint density at radius 3 is 2.65 bits per heavy atom. The lowest BCUT2D eigenvalue weighted by molar-refractivity contribution is -0.129. The SMILES string of the molecule is CC(=O)N(C(=O)OC(C)(C)C)[C@@H]1C=C[C@H](n2cnc3c(Cl)ncnc32)C1. The van der Waals surface area contributed by atoms with Crippen LogP contribution in [0.15, 0.2) is 24.8 Å². The molecule has 2 amide bonds. The van der Waals surface area contributed by atoms with E-state index in [1.807, 2.05) is 16.7 Å². The molecule has 0 unspecified atom stereocenters. The van der Waals surface area contributed by atoms with Crippen molar-refractivity contribution in [1.29, 1.82) is 0 Å². The number of allylic oxidation sites excluding steroid dienone is 1. The van der Waals surface area contributed by atoms with Crippen molar-refractivity contribution in [2.24, 2.45) is 0 Å². The average Bonchev–Trinajstić information content (AvgIpc) is 3.12. The van der Waals surface area contributed by atoms with E-state index in [1.165, 1.54) is 13.3 Å². The van der Waals surface area contributed by atoms with Crippen molar-refractivity contribution in [2.45, 2.75) is 51.8 Å². The molecule has 0 saturated carbocycles. The van der Waals surface area contributed by atoms with E-state index in [4.69, 9.17) is 16.3 Å². The van der Waals surface area contributed by atoms with Crippen molar-refractivity contribution in [3.05, 3.63) is 30.0 Å². The third-order valence-electron chi connectivity index (χ3n) is 3.97. The van der Waals surface area contributed by atoms with Crippen molar-refractivity contribution in [3.8, 4) is 0 Å². The van der Waals surface area contributed by atoms with Crippen LogP contribution in [0.3, 0.4) is 0 Å². The zero-order chi connectivity index (χ0) is 19.1. The smallest absolute Gasteiger partial charge is 0.417 e. The lowest BCUT2D eigenvalue weighted by atomic mass is 10.2. The van der Waals surface area contributed by atoms with Gasteiger partial charge in [-0.25, -0.2) is 24.6 Å². The first-order valence-electron chi connectivity index (χ1n) is 8.21. The van der Waals surface area contributed by atoms with Crippen molar-refractivity contribution < 1.29 is 14.3 Å². The van der Waals surface area contributed by atoms with Gasteiger partial charge in [-0.1, -0.05) is 23.8 Å². The molecule has 0 saturated heterocycles. The van der Waals surface area contributed by atoms with Crippen LogP contribution < -0.4 is 0 Å². The normalized spacial score (nSPS) is 19.7.